The molecule has 0 atom stereocenters. The molecule has 1 aliphatic rings. The average Bonchev–Trinajstić information content (AvgIpc) is 2.65. The molecule has 1 aliphatic heterocycles. The van der Waals surface area contributed by atoms with E-state index in [1.807, 2.05) is 43.0 Å². The highest BCUT2D eigenvalue weighted by Gasteiger charge is 2.20. The largest absolute Gasteiger partial charge is 0.378 e. The fourth-order valence-electron chi connectivity index (χ4n) is 2.92. The normalized spacial score (nSPS) is 14.3. The summed E-state index contributed by atoms with van der Waals surface area (Å²) >= 11 is 0. The SMILES string of the molecule is CCc1cc(=O)n(CC(=O)Nc2ccccc2C)c(N2CCOCC2)n1. The molecule has 7 heteroatoms. The Kier molecular flexibility index (Phi) is 5.68. The van der Waals surface area contributed by atoms with Crippen LogP contribution < -0.4 is 15.8 Å². The number of hydrogen-bond acceptors (Lipinski definition) is 5. The predicted molar refractivity (Wildman–Crippen MR) is 101 cm³/mol. The first-order valence-electron chi connectivity index (χ1n) is 8.87. The summed E-state index contributed by atoms with van der Waals surface area (Å²) in [5, 5.41) is 2.88. The van der Waals surface area contributed by atoms with Gasteiger partial charge in [-0.25, -0.2) is 4.98 Å². The number of benzene rings is 1. The molecule has 1 amide bonds. The van der Waals surface area contributed by atoms with Gasteiger partial charge in [0.2, 0.25) is 11.9 Å². The zero-order valence-electron chi connectivity index (χ0n) is 15.2. The van der Waals surface area contributed by atoms with Crippen LogP contribution in [0, 0.1) is 6.92 Å². The summed E-state index contributed by atoms with van der Waals surface area (Å²) < 4.78 is 6.83. The molecule has 1 aromatic carbocycles. The Bertz CT molecular complexity index is 841. The van der Waals surface area contributed by atoms with E-state index in [-0.39, 0.29) is 18.0 Å². The molecule has 1 N–H and O–H groups in total. The van der Waals surface area contributed by atoms with Crippen molar-refractivity contribution in [2.75, 3.05) is 36.5 Å². The minimum Gasteiger partial charge on any atom is -0.378 e. The highest BCUT2D eigenvalue weighted by molar-refractivity contribution is 5.91. The molecule has 0 bridgehead atoms. The van der Waals surface area contributed by atoms with Crippen LogP contribution >= 0.6 is 0 Å². The first-order chi connectivity index (χ1) is 12.6. The number of aromatic nitrogens is 2. The number of aryl methyl sites for hydroxylation is 2. The third-order valence-electron chi connectivity index (χ3n) is 4.42. The number of nitrogens with one attached hydrogen (secondary N) is 1. The molecule has 1 aromatic heterocycles. The molecule has 138 valence electrons. The second kappa shape index (κ2) is 8.14. The van der Waals surface area contributed by atoms with Gasteiger partial charge in [0.1, 0.15) is 6.54 Å². The molecule has 3 rings (SSSR count). The Morgan fingerprint density at radius 2 is 2.00 bits per heavy atom. The number of nitrogens with zero attached hydrogens (tertiary/aromatic N) is 3. The Labute approximate surface area is 152 Å². The number of anilines is 2. The fraction of sp³-hybridized carbons (Fsp3) is 0.421. The molecule has 2 aromatic rings. The fourth-order valence-corrected chi connectivity index (χ4v) is 2.92. The van der Waals surface area contributed by atoms with Gasteiger partial charge in [0, 0.05) is 30.5 Å². The van der Waals surface area contributed by atoms with Crippen molar-refractivity contribution in [2.24, 2.45) is 0 Å². The van der Waals surface area contributed by atoms with Crippen molar-refractivity contribution in [1.82, 2.24) is 9.55 Å². The molecule has 0 radical (unpaired) electrons. The minimum atomic E-state index is -0.248. The number of hydrogen-bond donors (Lipinski definition) is 1. The summed E-state index contributed by atoms with van der Waals surface area (Å²) in [6.07, 6.45) is 0.669. The van der Waals surface area contributed by atoms with Crippen molar-refractivity contribution >= 4 is 17.5 Å². The van der Waals surface area contributed by atoms with Gasteiger partial charge in [-0.1, -0.05) is 25.1 Å². The van der Waals surface area contributed by atoms with Crippen LogP contribution in [0.5, 0.6) is 0 Å². The summed E-state index contributed by atoms with van der Waals surface area (Å²) in [5.41, 5.74) is 2.24. The molecule has 7 nitrogen and oxygen atoms in total. The van der Waals surface area contributed by atoms with Crippen molar-refractivity contribution in [2.45, 2.75) is 26.8 Å². The maximum atomic E-state index is 12.6. The third-order valence-corrected chi connectivity index (χ3v) is 4.42. The Morgan fingerprint density at radius 1 is 1.27 bits per heavy atom. The van der Waals surface area contributed by atoms with Gasteiger partial charge in [-0.05, 0) is 25.0 Å². The van der Waals surface area contributed by atoms with Gasteiger partial charge < -0.3 is 15.0 Å². The van der Waals surface area contributed by atoms with Gasteiger partial charge in [0.15, 0.2) is 0 Å². The van der Waals surface area contributed by atoms with Crippen molar-refractivity contribution < 1.29 is 9.53 Å². The van der Waals surface area contributed by atoms with Crippen LogP contribution in [-0.4, -0.2) is 41.8 Å². The summed E-state index contributed by atoms with van der Waals surface area (Å²) in [4.78, 5) is 31.7. The maximum Gasteiger partial charge on any atom is 0.255 e. The van der Waals surface area contributed by atoms with E-state index >= 15 is 0 Å². The van der Waals surface area contributed by atoms with Crippen molar-refractivity contribution in [3.8, 4) is 0 Å². The predicted octanol–water partition coefficient (Wildman–Crippen LogP) is 1.59. The molecular weight excluding hydrogens is 332 g/mol. The van der Waals surface area contributed by atoms with E-state index in [9.17, 15) is 9.59 Å². The van der Waals surface area contributed by atoms with Crippen LogP contribution in [0.25, 0.3) is 0 Å². The average molecular weight is 356 g/mol. The van der Waals surface area contributed by atoms with Gasteiger partial charge in [0.05, 0.1) is 13.2 Å². The number of para-hydroxylation sites is 1. The monoisotopic (exact) mass is 356 g/mol. The number of ether oxygens (including phenoxy) is 1. The molecule has 1 fully saturated rings. The lowest BCUT2D eigenvalue weighted by atomic mass is 10.2. The topological polar surface area (TPSA) is 76.5 Å². The second-order valence-corrected chi connectivity index (χ2v) is 6.29. The van der Waals surface area contributed by atoms with E-state index in [1.165, 1.54) is 10.6 Å². The first-order valence-corrected chi connectivity index (χ1v) is 8.87. The molecule has 0 spiro atoms. The lowest BCUT2D eigenvalue weighted by molar-refractivity contribution is -0.116. The molecule has 26 heavy (non-hydrogen) atoms. The number of carbonyl (C=O) groups is 1. The zero-order valence-corrected chi connectivity index (χ0v) is 15.2. The van der Waals surface area contributed by atoms with Gasteiger partial charge in [-0.3, -0.25) is 14.2 Å². The third kappa shape index (κ3) is 4.11. The number of rotatable bonds is 5. The van der Waals surface area contributed by atoms with Crippen LogP contribution in [-0.2, 0) is 22.5 Å². The van der Waals surface area contributed by atoms with Gasteiger partial charge >= 0.3 is 0 Å². The van der Waals surface area contributed by atoms with E-state index in [1.54, 1.807) is 0 Å². The van der Waals surface area contributed by atoms with Crippen LogP contribution in [0.4, 0.5) is 11.6 Å². The van der Waals surface area contributed by atoms with Gasteiger partial charge in [-0.2, -0.15) is 0 Å². The lowest BCUT2D eigenvalue weighted by Crippen LogP contribution is -2.42. The Balaban J connectivity index is 1.87. The molecular formula is C19H24N4O3. The minimum absolute atomic E-state index is 0.0726. The molecule has 0 aliphatic carbocycles. The molecule has 1 saturated heterocycles. The highest BCUT2D eigenvalue weighted by Crippen LogP contribution is 2.15. The standard InChI is InChI=1S/C19H24N4O3/c1-3-15-12-18(25)23(19(20-15)22-8-10-26-11-9-22)13-17(24)21-16-7-5-4-6-14(16)2/h4-7,12H,3,8-11,13H2,1-2H3,(H,21,24). The Morgan fingerprint density at radius 3 is 2.69 bits per heavy atom. The van der Waals surface area contributed by atoms with Crippen molar-refractivity contribution in [1.29, 1.82) is 0 Å². The van der Waals surface area contributed by atoms with Gasteiger partial charge in [-0.15, -0.1) is 0 Å². The van der Waals surface area contributed by atoms with Crippen LogP contribution in [0.3, 0.4) is 0 Å². The summed E-state index contributed by atoms with van der Waals surface area (Å²) in [7, 11) is 0. The van der Waals surface area contributed by atoms with E-state index < -0.39 is 0 Å². The molecule has 0 saturated carbocycles. The smallest absolute Gasteiger partial charge is 0.255 e. The van der Waals surface area contributed by atoms with Gasteiger partial charge in [0.25, 0.3) is 5.56 Å². The first kappa shape index (κ1) is 18.1. The van der Waals surface area contributed by atoms with E-state index in [0.717, 1.165) is 16.9 Å². The van der Waals surface area contributed by atoms with E-state index in [4.69, 9.17) is 4.74 Å². The van der Waals surface area contributed by atoms with E-state index in [0.29, 0.717) is 38.7 Å². The van der Waals surface area contributed by atoms with Crippen molar-refractivity contribution in [3.05, 3.63) is 51.9 Å². The Hall–Kier alpha value is -2.67. The van der Waals surface area contributed by atoms with Crippen molar-refractivity contribution in [3.63, 3.8) is 0 Å². The highest BCUT2D eigenvalue weighted by atomic mass is 16.5. The van der Waals surface area contributed by atoms with Crippen LogP contribution in [0.1, 0.15) is 18.2 Å². The summed E-state index contributed by atoms with van der Waals surface area (Å²) in [6, 6.07) is 9.06. The number of carbonyl (C=O) groups excluding carboxylic acids is 1. The molecule has 0 unspecified atom stereocenters. The second-order valence-electron chi connectivity index (χ2n) is 6.29. The lowest BCUT2D eigenvalue weighted by Gasteiger charge is -2.29. The number of morpholine rings is 1. The number of amides is 1. The zero-order chi connectivity index (χ0) is 18.5. The quantitative estimate of drug-likeness (QED) is 0.880. The van der Waals surface area contributed by atoms with Crippen LogP contribution in [0.2, 0.25) is 0 Å². The molecule has 2 heterocycles. The summed E-state index contributed by atoms with van der Waals surface area (Å²) in [5.74, 6) is 0.291. The summed E-state index contributed by atoms with van der Waals surface area (Å²) in [6.45, 7) is 6.29. The van der Waals surface area contributed by atoms with Crippen LogP contribution in [0.15, 0.2) is 35.1 Å². The maximum absolute atomic E-state index is 12.6. The van der Waals surface area contributed by atoms with E-state index in [2.05, 4.69) is 10.3 Å².